The van der Waals surface area contributed by atoms with Gasteiger partial charge in [-0.1, -0.05) is 19.9 Å². The molecule has 19 heavy (non-hydrogen) atoms. The van der Waals surface area contributed by atoms with Crippen molar-refractivity contribution in [1.82, 2.24) is 5.32 Å². The van der Waals surface area contributed by atoms with Gasteiger partial charge in [-0.25, -0.2) is 0 Å². The van der Waals surface area contributed by atoms with E-state index in [-0.39, 0.29) is 0 Å². The molecule has 3 nitrogen and oxygen atoms in total. The second-order valence-electron chi connectivity index (χ2n) is 5.62. The van der Waals surface area contributed by atoms with Gasteiger partial charge in [-0.05, 0) is 48.9 Å². The van der Waals surface area contributed by atoms with Crippen molar-refractivity contribution in [2.75, 3.05) is 20.8 Å². The maximum absolute atomic E-state index is 5.39. The van der Waals surface area contributed by atoms with Crippen LogP contribution in [0.15, 0.2) is 18.2 Å². The van der Waals surface area contributed by atoms with E-state index in [1.807, 2.05) is 6.07 Å². The van der Waals surface area contributed by atoms with E-state index in [1.54, 1.807) is 14.2 Å². The fourth-order valence-electron chi connectivity index (χ4n) is 2.72. The van der Waals surface area contributed by atoms with Crippen LogP contribution in [0.3, 0.4) is 0 Å². The number of rotatable bonds is 6. The molecule has 2 unspecified atom stereocenters. The average Bonchev–Trinajstić information content (AvgIpc) is 2.37. The summed E-state index contributed by atoms with van der Waals surface area (Å²) >= 11 is 0. The molecule has 0 heterocycles. The van der Waals surface area contributed by atoms with Gasteiger partial charge in [0.15, 0.2) is 11.5 Å². The van der Waals surface area contributed by atoms with Crippen molar-refractivity contribution in [2.24, 2.45) is 5.92 Å². The summed E-state index contributed by atoms with van der Waals surface area (Å²) < 4.78 is 10.7. The Morgan fingerprint density at radius 2 is 1.89 bits per heavy atom. The predicted octanol–water partition coefficient (Wildman–Crippen LogP) is 3.20. The molecular formula is C16H25NO2. The monoisotopic (exact) mass is 263 g/mol. The highest BCUT2D eigenvalue weighted by Gasteiger charge is 2.32. The molecule has 0 saturated heterocycles. The van der Waals surface area contributed by atoms with Gasteiger partial charge in [0.05, 0.1) is 14.2 Å². The fourth-order valence-corrected chi connectivity index (χ4v) is 2.72. The van der Waals surface area contributed by atoms with E-state index in [9.17, 15) is 0 Å². The molecule has 0 aromatic heterocycles. The highest BCUT2D eigenvalue weighted by molar-refractivity contribution is 5.44. The van der Waals surface area contributed by atoms with E-state index < -0.39 is 0 Å². The molecule has 3 heteroatoms. The minimum Gasteiger partial charge on any atom is -0.493 e. The van der Waals surface area contributed by atoms with E-state index in [0.717, 1.165) is 24.0 Å². The summed E-state index contributed by atoms with van der Waals surface area (Å²) in [5.74, 6) is 3.05. The Morgan fingerprint density at radius 1 is 1.16 bits per heavy atom. The van der Waals surface area contributed by atoms with Crippen molar-refractivity contribution in [3.05, 3.63) is 23.8 Å². The molecule has 1 fully saturated rings. The molecule has 106 valence electrons. The Bertz CT molecular complexity index is 417. The zero-order valence-electron chi connectivity index (χ0n) is 12.4. The second-order valence-corrected chi connectivity index (χ2v) is 5.62. The molecule has 1 aromatic carbocycles. The maximum Gasteiger partial charge on any atom is 0.160 e. The van der Waals surface area contributed by atoms with Crippen molar-refractivity contribution >= 4 is 0 Å². The Kier molecular flexibility index (Phi) is 4.70. The topological polar surface area (TPSA) is 30.5 Å². The quantitative estimate of drug-likeness (QED) is 0.855. The van der Waals surface area contributed by atoms with E-state index in [0.29, 0.717) is 12.0 Å². The van der Waals surface area contributed by atoms with Crippen molar-refractivity contribution in [3.63, 3.8) is 0 Å². The lowest BCUT2D eigenvalue weighted by Crippen LogP contribution is -2.36. The minimum absolute atomic E-state index is 0.562. The Hall–Kier alpha value is -1.22. The van der Waals surface area contributed by atoms with Gasteiger partial charge in [0.25, 0.3) is 0 Å². The molecule has 0 radical (unpaired) electrons. The van der Waals surface area contributed by atoms with Crippen LogP contribution in [0.1, 0.15) is 38.2 Å². The maximum atomic E-state index is 5.39. The van der Waals surface area contributed by atoms with Gasteiger partial charge in [0, 0.05) is 6.04 Å². The lowest BCUT2D eigenvalue weighted by Gasteiger charge is -2.38. The third-order valence-corrected chi connectivity index (χ3v) is 4.04. The van der Waals surface area contributed by atoms with Crippen LogP contribution in [-0.2, 0) is 0 Å². The van der Waals surface area contributed by atoms with Crippen LogP contribution in [0, 0.1) is 5.92 Å². The van der Waals surface area contributed by atoms with Crippen LogP contribution < -0.4 is 14.8 Å². The number of benzene rings is 1. The zero-order valence-corrected chi connectivity index (χ0v) is 12.4. The third kappa shape index (κ3) is 3.21. The molecule has 1 aliphatic rings. The van der Waals surface area contributed by atoms with Crippen LogP contribution in [0.4, 0.5) is 0 Å². The summed E-state index contributed by atoms with van der Waals surface area (Å²) in [6, 6.07) is 6.88. The zero-order chi connectivity index (χ0) is 13.8. The summed E-state index contributed by atoms with van der Waals surface area (Å²) in [5.41, 5.74) is 1.37. The highest BCUT2D eigenvalue weighted by Crippen LogP contribution is 2.44. The van der Waals surface area contributed by atoms with E-state index in [1.165, 1.54) is 18.4 Å². The molecule has 2 atom stereocenters. The predicted molar refractivity (Wildman–Crippen MR) is 78.1 cm³/mol. The highest BCUT2D eigenvalue weighted by atomic mass is 16.5. The average molecular weight is 263 g/mol. The summed E-state index contributed by atoms with van der Waals surface area (Å²) in [6.07, 6.45) is 2.60. The molecule has 0 aliphatic heterocycles. The van der Waals surface area contributed by atoms with E-state index >= 15 is 0 Å². The van der Waals surface area contributed by atoms with Crippen LogP contribution in [0.5, 0.6) is 11.5 Å². The molecule has 0 bridgehead atoms. The molecule has 1 aromatic rings. The van der Waals surface area contributed by atoms with Gasteiger partial charge >= 0.3 is 0 Å². The lowest BCUT2D eigenvalue weighted by molar-refractivity contribution is 0.240. The smallest absolute Gasteiger partial charge is 0.160 e. The van der Waals surface area contributed by atoms with Crippen LogP contribution in [0.25, 0.3) is 0 Å². The number of hydrogen-bond acceptors (Lipinski definition) is 3. The van der Waals surface area contributed by atoms with E-state index in [2.05, 4.69) is 31.3 Å². The Balaban J connectivity index is 2.05. The molecule has 2 rings (SSSR count). The van der Waals surface area contributed by atoms with E-state index in [4.69, 9.17) is 9.47 Å². The number of hydrogen-bond donors (Lipinski definition) is 1. The number of ether oxygens (including phenoxy) is 2. The van der Waals surface area contributed by atoms with Gasteiger partial charge in [0.1, 0.15) is 0 Å². The van der Waals surface area contributed by atoms with Crippen molar-refractivity contribution in [1.29, 1.82) is 0 Å². The van der Waals surface area contributed by atoms with Gasteiger partial charge < -0.3 is 14.8 Å². The fraction of sp³-hybridized carbons (Fsp3) is 0.625. The van der Waals surface area contributed by atoms with Crippen LogP contribution in [0.2, 0.25) is 0 Å². The van der Waals surface area contributed by atoms with Crippen molar-refractivity contribution in [3.8, 4) is 11.5 Å². The van der Waals surface area contributed by atoms with Crippen molar-refractivity contribution < 1.29 is 9.47 Å². The Labute approximate surface area is 116 Å². The lowest BCUT2D eigenvalue weighted by atomic mass is 9.70. The summed E-state index contributed by atoms with van der Waals surface area (Å²) in [5, 5.41) is 3.54. The Morgan fingerprint density at radius 3 is 2.42 bits per heavy atom. The first-order valence-corrected chi connectivity index (χ1v) is 7.11. The van der Waals surface area contributed by atoms with Crippen molar-refractivity contribution in [2.45, 2.75) is 38.6 Å². The molecule has 1 N–H and O–H groups in total. The molecule has 0 spiro atoms. The SMILES string of the molecule is COc1ccc(C2CCC2CNC(C)C)cc1OC. The number of methoxy groups -OCH3 is 2. The minimum atomic E-state index is 0.562. The second kappa shape index (κ2) is 6.29. The number of nitrogens with one attached hydrogen (secondary N) is 1. The van der Waals surface area contributed by atoms with Crippen LogP contribution >= 0.6 is 0 Å². The van der Waals surface area contributed by atoms with Crippen LogP contribution in [-0.4, -0.2) is 26.8 Å². The largest absolute Gasteiger partial charge is 0.493 e. The normalized spacial score (nSPS) is 22.2. The van der Waals surface area contributed by atoms with Gasteiger partial charge in [-0.2, -0.15) is 0 Å². The van der Waals surface area contributed by atoms with Gasteiger partial charge in [-0.15, -0.1) is 0 Å². The molecule has 1 saturated carbocycles. The standard InChI is InChI=1S/C16H25NO2/c1-11(2)17-10-13-5-7-14(13)12-6-8-15(18-3)16(9-12)19-4/h6,8-9,11,13-14,17H,5,7,10H2,1-4H3. The summed E-state index contributed by atoms with van der Waals surface area (Å²) in [4.78, 5) is 0. The molecule has 0 amide bonds. The summed E-state index contributed by atoms with van der Waals surface area (Å²) in [7, 11) is 3.37. The first-order chi connectivity index (χ1) is 9.15. The third-order valence-electron chi connectivity index (χ3n) is 4.04. The van der Waals surface area contributed by atoms with Gasteiger partial charge in [0.2, 0.25) is 0 Å². The first-order valence-electron chi connectivity index (χ1n) is 7.11. The molecule has 1 aliphatic carbocycles. The first kappa shape index (κ1) is 14.2. The molecular weight excluding hydrogens is 238 g/mol. The summed E-state index contributed by atoms with van der Waals surface area (Å²) in [6.45, 7) is 5.50. The van der Waals surface area contributed by atoms with Gasteiger partial charge in [-0.3, -0.25) is 0 Å².